The van der Waals surface area contributed by atoms with E-state index in [1.165, 1.54) is 10.9 Å². The molecule has 0 aliphatic carbocycles. The minimum Gasteiger partial charge on any atom is -0.448 e. The van der Waals surface area contributed by atoms with Gasteiger partial charge in [-0.2, -0.15) is 0 Å². The number of para-hydroxylation sites is 1. The van der Waals surface area contributed by atoms with Gasteiger partial charge in [0.1, 0.15) is 17.6 Å². The van der Waals surface area contributed by atoms with Crippen molar-refractivity contribution in [2.45, 2.75) is 19.5 Å². The summed E-state index contributed by atoms with van der Waals surface area (Å²) in [5, 5.41) is 4.05. The summed E-state index contributed by atoms with van der Waals surface area (Å²) in [5.74, 6) is -0.0802. The van der Waals surface area contributed by atoms with E-state index in [0.717, 1.165) is 18.5 Å². The Morgan fingerprint density at radius 1 is 1.42 bits per heavy atom. The molecule has 4 rings (SSSR count). The summed E-state index contributed by atoms with van der Waals surface area (Å²) in [6, 6.07) is 7.50. The molecule has 124 valence electrons. The smallest absolute Gasteiger partial charge is 0.297 e. The lowest BCUT2D eigenvalue weighted by molar-refractivity contribution is -0.134. The number of hydrogen-bond acceptors (Lipinski definition) is 5. The van der Waals surface area contributed by atoms with E-state index in [-0.39, 0.29) is 29.6 Å². The van der Waals surface area contributed by atoms with Gasteiger partial charge < -0.3 is 14.6 Å². The first-order valence-electron chi connectivity index (χ1n) is 8.02. The van der Waals surface area contributed by atoms with Gasteiger partial charge in [0.05, 0.1) is 6.33 Å². The lowest BCUT2D eigenvalue weighted by Gasteiger charge is -2.34. The van der Waals surface area contributed by atoms with Crippen LogP contribution in [0.3, 0.4) is 0 Å². The SMILES string of the molecule is C[C@@H]1CNCCN1C(=O)Cn1cnc2c(oc3ccccc32)c1=O. The first kappa shape index (κ1) is 14.9. The Kier molecular flexibility index (Phi) is 3.57. The van der Waals surface area contributed by atoms with Crippen molar-refractivity contribution in [2.24, 2.45) is 0 Å². The van der Waals surface area contributed by atoms with Gasteiger partial charge in [-0.05, 0) is 19.1 Å². The molecule has 0 saturated carbocycles. The number of nitrogens with zero attached hydrogens (tertiary/aromatic N) is 3. The fourth-order valence-corrected chi connectivity index (χ4v) is 3.18. The largest absolute Gasteiger partial charge is 0.448 e. The summed E-state index contributed by atoms with van der Waals surface area (Å²) >= 11 is 0. The molecule has 1 amide bonds. The minimum absolute atomic E-state index is 0.0246. The summed E-state index contributed by atoms with van der Waals surface area (Å²) < 4.78 is 6.96. The summed E-state index contributed by atoms with van der Waals surface area (Å²) in [6.45, 7) is 4.15. The normalized spacial score (nSPS) is 18.4. The van der Waals surface area contributed by atoms with Crippen molar-refractivity contribution in [3.8, 4) is 0 Å². The zero-order valence-corrected chi connectivity index (χ0v) is 13.4. The molecular formula is C17H18N4O3. The van der Waals surface area contributed by atoms with Crippen LogP contribution >= 0.6 is 0 Å². The molecule has 0 unspecified atom stereocenters. The van der Waals surface area contributed by atoms with E-state index in [1.807, 2.05) is 25.1 Å². The third-order valence-electron chi connectivity index (χ3n) is 4.48. The fourth-order valence-electron chi connectivity index (χ4n) is 3.18. The van der Waals surface area contributed by atoms with Gasteiger partial charge in [0.2, 0.25) is 11.5 Å². The lowest BCUT2D eigenvalue weighted by Crippen LogP contribution is -2.53. The predicted molar refractivity (Wildman–Crippen MR) is 89.8 cm³/mol. The first-order chi connectivity index (χ1) is 11.6. The average Bonchev–Trinajstić information content (AvgIpc) is 2.97. The predicted octanol–water partition coefficient (Wildman–Crippen LogP) is 0.963. The standard InChI is InChI=1S/C17H18N4O3/c1-11-8-18-6-7-21(11)14(22)9-20-10-19-15-12-4-2-3-5-13(12)24-16(15)17(20)23/h2-5,10-11,18H,6-9H2,1H3/t11-/m1/s1. The Hall–Kier alpha value is -2.67. The van der Waals surface area contributed by atoms with Crippen LogP contribution in [-0.2, 0) is 11.3 Å². The van der Waals surface area contributed by atoms with Crippen LogP contribution in [0, 0.1) is 0 Å². The Balaban J connectivity index is 1.70. The van der Waals surface area contributed by atoms with Crippen LogP contribution < -0.4 is 10.9 Å². The molecule has 1 fully saturated rings. The third kappa shape index (κ3) is 2.37. The molecule has 2 aromatic heterocycles. The minimum atomic E-state index is -0.327. The zero-order valence-electron chi connectivity index (χ0n) is 13.4. The average molecular weight is 326 g/mol. The monoisotopic (exact) mass is 326 g/mol. The number of furan rings is 1. The second-order valence-corrected chi connectivity index (χ2v) is 6.09. The molecule has 24 heavy (non-hydrogen) atoms. The number of piperazine rings is 1. The second-order valence-electron chi connectivity index (χ2n) is 6.09. The van der Waals surface area contributed by atoms with Gasteiger partial charge in [-0.1, -0.05) is 12.1 Å². The van der Waals surface area contributed by atoms with E-state index in [0.29, 0.717) is 17.6 Å². The maximum atomic E-state index is 12.6. The molecule has 1 aliphatic rings. The molecule has 0 radical (unpaired) electrons. The van der Waals surface area contributed by atoms with E-state index >= 15 is 0 Å². The van der Waals surface area contributed by atoms with Crippen LogP contribution in [0.25, 0.3) is 22.1 Å². The van der Waals surface area contributed by atoms with Crippen LogP contribution in [0.5, 0.6) is 0 Å². The number of aromatic nitrogens is 2. The summed E-state index contributed by atoms with van der Waals surface area (Å²) in [7, 11) is 0. The molecule has 3 heterocycles. The molecule has 0 bridgehead atoms. The van der Waals surface area contributed by atoms with Crippen molar-refractivity contribution in [1.29, 1.82) is 0 Å². The number of fused-ring (bicyclic) bond motifs is 3. The van der Waals surface area contributed by atoms with E-state index < -0.39 is 0 Å². The molecule has 1 N–H and O–H groups in total. The zero-order chi connectivity index (χ0) is 16.7. The topological polar surface area (TPSA) is 80.4 Å². The second kappa shape index (κ2) is 5.76. The summed E-state index contributed by atoms with van der Waals surface area (Å²) in [5.41, 5.74) is 1.03. The quantitative estimate of drug-likeness (QED) is 0.759. The van der Waals surface area contributed by atoms with E-state index in [9.17, 15) is 9.59 Å². The van der Waals surface area contributed by atoms with Crippen LogP contribution in [0.4, 0.5) is 0 Å². The number of carbonyl (C=O) groups excluding carboxylic acids is 1. The van der Waals surface area contributed by atoms with Crippen LogP contribution in [-0.4, -0.2) is 46.0 Å². The van der Waals surface area contributed by atoms with Crippen molar-refractivity contribution < 1.29 is 9.21 Å². The van der Waals surface area contributed by atoms with Crippen molar-refractivity contribution in [2.75, 3.05) is 19.6 Å². The number of nitrogens with one attached hydrogen (secondary N) is 1. The lowest BCUT2D eigenvalue weighted by atomic mass is 10.2. The summed E-state index contributed by atoms with van der Waals surface area (Å²) in [6.07, 6.45) is 1.43. The van der Waals surface area contributed by atoms with Crippen LogP contribution in [0.15, 0.2) is 39.8 Å². The van der Waals surface area contributed by atoms with Gasteiger partial charge >= 0.3 is 0 Å². The first-order valence-corrected chi connectivity index (χ1v) is 8.02. The number of benzene rings is 1. The molecule has 7 heteroatoms. The van der Waals surface area contributed by atoms with Gasteiger partial charge in [-0.3, -0.25) is 14.2 Å². The molecule has 1 saturated heterocycles. The maximum absolute atomic E-state index is 12.6. The number of rotatable bonds is 2. The van der Waals surface area contributed by atoms with Gasteiger partial charge in [-0.25, -0.2) is 4.98 Å². The van der Waals surface area contributed by atoms with Gasteiger partial charge in [0, 0.05) is 31.1 Å². The Morgan fingerprint density at radius 2 is 2.25 bits per heavy atom. The van der Waals surface area contributed by atoms with Crippen molar-refractivity contribution in [3.63, 3.8) is 0 Å². The highest BCUT2D eigenvalue weighted by atomic mass is 16.3. The fraction of sp³-hybridized carbons (Fsp3) is 0.353. The molecular weight excluding hydrogens is 308 g/mol. The van der Waals surface area contributed by atoms with Gasteiger partial charge in [0.25, 0.3) is 5.56 Å². The number of hydrogen-bond donors (Lipinski definition) is 1. The molecule has 1 aromatic carbocycles. The van der Waals surface area contributed by atoms with E-state index in [1.54, 1.807) is 11.0 Å². The van der Waals surface area contributed by atoms with Gasteiger partial charge in [0.15, 0.2) is 0 Å². The highest BCUT2D eigenvalue weighted by Gasteiger charge is 2.24. The molecule has 3 aromatic rings. The molecule has 1 atom stereocenters. The number of carbonyl (C=O) groups is 1. The van der Waals surface area contributed by atoms with Gasteiger partial charge in [-0.15, -0.1) is 0 Å². The van der Waals surface area contributed by atoms with Crippen LogP contribution in [0.2, 0.25) is 0 Å². The van der Waals surface area contributed by atoms with Crippen LogP contribution in [0.1, 0.15) is 6.92 Å². The number of amides is 1. The molecule has 1 aliphatic heterocycles. The highest BCUT2D eigenvalue weighted by Crippen LogP contribution is 2.24. The third-order valence-corrected chi connectivity index (χ3v) is 4.48. The van der Waals surface area contributed by atoms with Crippen molar-refractivity contribution in [3.05, 3.63) is 40.9 Å². The molecule has 7 nitrogen and oxygen atoms in total. The Bertz CT molecular complexity index is 975. The van der Waals surface area contributed by atoms with Crippen molar-refractivity contribution in [1.82, 2.24) is 19.8 Å². The Labute approximate surface area is 137 Å². The van der Waals surface area contributed by atoms with Crippen molar-refractivity contribution >= 4 is 28.0 Å². The molecule has 0 spiro atoms. The van der Waals surface area contributed by atoms with E-state index in [4.69, 9.17) is 4.42 Å². The Morgan fingerprint density at radius 3 is 3.08 bits per heavy atom. The highest BCUT2D eigenvalue weighted by molar-refractivity contribution is 6.01. The summed E-state index contributed by atoms with van der Waals surface area (Å²) in [4.78, 5) is 31.3. The maximum Gasteiger partial charge on any atom is 0.297 e. The van der Waals surface area contributed by atoms with E-state index in [2.05, 4.69) is 10.3 Å².